The summed E-state index contributed by atoms with van der Waals surface area (Å²) in [6, 6.07) is 12.5. The molecule has 0 aliphatic rings. The first kappa shape index (κ1) is 28.5. The Balaban J connectivity index is 2.42. The van der Waals surface area contributed by atoms with Gasteiger partial charge in [0.05, 0.1) is 19.1 Å². The van der Waals surface area contributed by atoms with Crippen molar-refractivity contribution >= 4 is 39.1 Å². The summed E-state index contributed by atoms with van der Waals surface area (Å²) in [5, 5.41) is 3.49. The third-order valence-corrected chi connectivity index (χ3v) is 7.09. The lowest BCUT2D eigenvalue weighted by molar-refractivity contribution is -0.140. The second kappa shape index (κ2) is 12.8. The fourth-order valence-electron chi connectivity index (χ4n) is 3.51. The van der Waals surface area contributed by atoms with Crippen LogP contribution in [0.2, 0.25) is 5.02 Å². The lowest BCUT2D eigenvalue weighted by atomic mass is 10.1. The van der Waals surface area contributed by atoms with Gasteiger partial charge in [-0.3, -0.25) is 13.9 Å². The van der Waals surface area contributed by atoms with Crippen LogP contribution in [0.15, 0.2) is 48.5 Å². The van der Waals surface area contributed by atoms with Gasteiger partial charge in [-0.25, -0.2) is 8.42 Å². The van der Waals surface area contributed by atoms with Crippen LogP contribution in [0.1, 0.15) is 39.2 Å². The number of carbonyl (C=O) groups is 2. The number of nitrogens with one attached hydrogen (secondary N) is 1. The first-order chi connectivity index (χ1) is 16.5. The average Bonchev–Trinajstić information content (AvgIpc) is 2.82. The molecule has 0 aromatic heterocycles. The highest BCUT2D eigenvalue weighted by Crippen LogP contribution is 2.23. The molecule has 10 heteroatoms. The Kier molecular flexibility index (Phi) is 10.4. The molecule has 8 nitrogen and oxygen atoms in total. The summed E-state index contributed by atoms with van der Waals surface area (Å²) >= 11 is 6.01. The molecule has 0 aliphatic heterocycles. The normalized spacial score (nSPS) is 13.0. The predicted octanol–water partition coefficient (Wildman–Crippen LogP) is 3.84. The highest BCUT2D eigenvalue weighted by molar-refractivity contribution is 7.92. The van der Waals surface area contributed by atoms with Gasteiger partial charge in [-0.15, -0.1) is 0 Å². The first-order valence-electron chi connectivity index (χ1n) is 11.5. The molecule has 0 fully saturated rings. The standard InChI is InChI=1S/C25H34ClN3O5S/c1-6-18(3)27-25(31)23(7-2)28(16-19-8-10-20(26)11-9-19)24(30)17-29(35(5,32)33)21-12-14-22(34-4)15-13-21/h8-15,18,23H,6-7,16-17H2,1-5H3,(H,27,31)/t18-,23+/m1/s1. The number of rotatable bonds is 12. The van der Waals surface area contributed by atoms with Crippen LogP contribution >= 0.6 is 11.6 Å². The van der Waals surface area contributed by atoms with Gasteiger partial charge >= 0.3 is 0 Å². The van der Waals surface area contributed by atoms with Crippen LogP contribution < -0.4 is 14.4 Å². The molecule has 2 atom stereocenters. The second-order valence-electron chi connectivity index (χ2n) is 8.36. The number of ether oxygens (including phenoxy) is 1. The smallest absolute Gasteiger partial charge is 0.244 e. The van der Waals surface area contributed by atoms with E-state index in [2.05, 4.69) is 5.32 Å². The maximum Gasteiger partial charge on any atom is 0.244 e. The molecule has 2 aromatic carbocycles. The number of hydrogen-bond acceptors (Lipinski definition) is 5. The van der Waals surface area contributed by atoms with Gasteiger partial charge < -0.3 is 15.0 Å². The van der Waals surface area contributed by atoms with E-state index in [1.165, 1.54) is 12.0 Å². The molecule has 0 radical (unpaired) electrons. The number of sulfonamides is 1. The Bertz CT molecular complexity index is 1090. The minimum atomic E-state index is -3.79. The Morgan fingerprint density at radius 3 is 2.11 bits per heavy atom. The maximum atomic E-state index is 13.6. The second-order valence-corrected chi connectivity index (χ2v) is 10.7. The maximum absolute atomic E-state index is 13.6. The van der Waals surface area contributed by atoms with Crippen LogP contribution in [0.5, 0.6) is 5.75 Å². The van der Waals surface area contributed by atoms with Crippen LogP contribution in [0, 0.1) is 0 Å². The van der Waals surface area contributed by atoms with Crippen molar-refractivity contribution in [2.24, 2.45) is 0 Å². The molecule has 192 valence electrons. The van der Waals surface area contributed by atoms with Gasteiger partial charge in [-0.1, -0.05) is 37.6 Å². The number of anilines is 1. The van der Waals surface area contributed by atoms with Gasteiger partial charge in [-0.05, 0) is 61.7 Å². The fraction of sp³-hybridized carbons (Fsp3) is 0.440. The number of hydrogen-bond donors (Lipinski definition) is 1. The van der Waals surface area contributed by atoms with Crippen LogP contribution in [-0.2, 0) is 26.2 Å². The first-order valence-corrected chi connectivity index (χ1v) is 13.7. The molecule has 0 saturated carbocycles. The van der Waals surface area contributed by atoms with E-state index in [1.54, 1.807) is 48.5 Å². The van der Waals surface area contributed by atoms with Gasteiger partial charge in [0.1, 0.15) is 18.3 Å². The molecule has 0 saturated heterocycles. The van der Waals surface area contributed by atoms with Crippen LogP contribution in [0.4, 0.5) is 5.69 Å². The van der Waals surface area contributed by atoms with E-state index in [-0.39, 0.29) is 18.5 Å². The number of methoxy groups -OCH3 is 1. The quantitative estimate of drug-likeness (QED) is 0.456. The van der Waals surface area contributed by atoms with Gasteiger partial charge in [0, 0.05) is 17.6 Å². The number of benzene rings is 2. The number of halogens is 1. The summed E-state index contributed by atoms with van der Waals surface area (Å²) < 4.78 is 31.4. The largest absolute Gasteiger partial charge is 0.497 e. The molecule has 0 spiro atoms. The number of nitrogens with zero attached hydrogens (tertiary/aromatic N) is 2. The molecule has 0 unspecified atom stereocenters. The summed E-state index contributed by atoms with van der Waals surface area (Å²) in [6.45, 7) is 5.35. The zero-order chi connectivity index (χ0) is 26.2. The Morgan fingerprint density at radius 2 is 1.63 bits per heavy atom. The van der Waals surface area contributed by atoms with Gasteiger partial charge in [0.25, 0.3) is 0 Å². The Morgan fingerprint density at radius 1 is 1.03 bits per heavy atom. The number of amides is 2. The Hall–Kier alpha value is -2.78. The SMILES string of the molecule is CC[C@@H](C)NC(=O)[C@H](CC)N(Cc1ccc(Cl)cc1)C(=O)CN(c1ccc(OC)cc1)S(C)(=O)=O. The van der Waals surface area contributed by atoms with Crippen molar-refractivity contribution in [3.8, 4) is 5.75 Å². The van der Waals surface area contributed by atoms with E-state index in [9.17, 15) is 18.0 Å². The molecule has 2 amide bonds. The summed E-state index contributed by atoms with van der Waals surface area (Å²) in [5.74, 6) is -0.211. The minimum Gasteiger partial charge on any atom is -0.497 e. The van der Waals surface area contributed by atoms with Crippen molar-refractivity contribution in [1.82, 2.24) is 10.2 Å². The molecule has 0 bridgehead atoms. The van der Waals surface area contributed by atoms with Crippen molar-refractivity contribution in [1.29, 1.82) is 0 Å². The topological polar surface area (TPSA) is 96.0 Å². The molecule has 35 heavy (non-hydrogen) atoms. The summed E-state index contributed by atoms with van der Waals surface area (Å²) in [7, 11) is -2.28. The van der Waals surface area contributed by atoms with Crippen molar-refractivity contribution < 1.29 is 22.7 Å². The average molecular weight is 524 g/mol. The van der Waals surface area contributed by atoms with Crippen molar-refractivity contribution in [2.75, 3.05) is 24.2 Å². The minimum absolute atomic E-state index is 0.0594. The van der Waals surface area contributed by atoms with E-state index < -0.39 is 28.5 Å². The molecule has 2 aromatic rings. The monoisotopic (exact) mass is 523 g/mol. The molecule has 1 N–H and O–H groups in total. The summed E-state index contributed by atoms with van der Waals surface area (Å²) in [4.78, 5) is 28.1. The number of carbonyl (C=O) groups excluding carboxylic acids is 2. The third-order valence-electron chi connectivity index (χ3n) is 5.69. The van der Waals surface area contributed by atoms with E-state index in [1.807, 2.05) is 20.8 Å². The third kappa shape index (κ3) is 8.14. The van der Waals surface area contributed by atoms with Crippen LogP contribution in [0.3, 0.4) is 0 Å². The van der Waals surface area contributed by atoms with E-state index in [4.69, 9.17) is 16.3 Å². The molecular weight excluding hydrogens is 490 g/mol. The van der Waals surface area contributed by atoms with Crippen LogP contribution in [0.25, 0.3) is 0 Å². The van der Waals surface area contributed by atoms with E-state index in [0.717, 1.165) is 22.5 Å². The van der Waals surface area contributed by atoms with Crippen molar-refractivity contribution in [3.05, 3.63) is 59.1 Å². The highest BCUT2D eigenvalue weighted by atomic mass is 35.5. The van der Waals surface area contributed by atoms with Gasteiger partial charge in [-0.2, -0.15) is 0 Å². The summed E-state index contributed by atoms with van der Waals surface area (Å²) in [6.07, 6.45) is 2.15. The lowest BCUT2D eigenvalue weighted by Gasteiger charge is -2.33. The van der Waals surface area contributed by atoms with E-state index >= 15 is 0 Å². The van der Waals surface area contributed by atoms with Crippen molar-refractivity contribution in [3.63, 3.8) is 0 Å². The fourth-order valence-corrected chi connectivity index (χ4v) is 4.48. The van der Waals surface area contributed by atoms with Gasteiger partial charge in [0.2, 0.25) is 21.8 Å². The molecule has 2 rings (SSSR count). The molecular formula is C25H34ClN3O5S. The molecule has 0 aliphatic carbocycles. The van der Waals surface area contributed by atoms with Crippen LogP contribution in [-0.4, -0.2) is 57.1 Å². The van der Waals surface area contributed by atoms with Gasteiger partial charge in [0.15, 0.2) is 0 Å². The zero-order valence-corrected chi connectivity index (χ0v) is 22.4. The molecule has 0 heterocycles. The van der Waals surface area contributed by atoms with Crippen molar-refractivity contribution in [2.45, 2.75) is 52.2 Å². The lowest BCUT2D eigenvalue weighted by Crippen LogP contribution is -2.53. The van der Waals surface area contributed by atoms with E-state index in [0.29, 0.717) is 22.9 Å². The summed E-state index contributed by atoms with van der Waals surface area (Å²) in [5.41, 5.74) is 1.10. The highest BCUT2D eigenvalue weighted by Gasteiger charge is 2.32. The Labute approximate surface area is 213 Å². The zero-order valence-electron chi connectivity index (χ0n) is 20.8. The predicted molar refractivity (Wildman–Crippen MR) is 139 cm³/mol.